The van der Waals surface area contributed by atoms with Gasteiger partial charge < -0.3 is 14.1 Å². The zero-order valence-corrected chi connectivity index (χ0v) is 16.4. The summed E-state index contributed by atoms with van der Waals surface area (Å²) < 4.78 is 12.2. The summed E-state index contributed by atoms with van der Waals surface area (Å²) in [5, 5.41) is 14.4. The average molecular weight is 402 g/mol. The molecular formula is C18H22N6O3S. The first-order chi connectivity index (χ1) is 13.8. The molecule has 1 aliphatic rings. The lowest BCUT2D eigenvalue weighted by Gasteiger charge is -2.38. The molecule has 10 heteroatoms. The summed E-state index contributed by atoms with van der Waals surface area (Å²) in [5.74, 6) is 1.11. The fourth-order valence-electron chi connectivity index (χ4n) is 3.40. The van der Waals surface area contributed by atoms with Gasteiger partial charge in [0, 0.05) is 38.2 Å². The number of carbonyl (C=O) groups is 1. The first-order valence-corrected chi connectivity index (χ1v) is 10.0. The van der Waals surface area contributed by atoms with Crippen molar-refractivity contribution in [2.45, 2.75) is 12.6 Å². The molecule has 0 aromatic carbocycles. The van der Waals surface area contributed by atoms with Gasteiger partial charge in [-0.15, -0.1) is 16.4 Å². The standard InChI is InChI=1S/C18H22N6O3S/c1-26-12-10-24-17(19-20-21-24)16(15-5-3-13-28-15)22-6-8-23(9-7-22)18(25)14-4-2-11-27-14/h2-5,11,13,16H,6-10,12H2,1H3. The first kappa shape index (κ1) is 18.8. The van der Waals surface area contributed by atoms with E-state index in [9.17, 15) is 4.79 Å². The summed E-state index contributed by atoms with van der Waals surface area (Å²) in [5.41, 5.74) is 0. The van der Waals surface area contributed by atoms with Gasteiger partial charge in [-0.1, -0.05) is 6.07 Å². The van der Waals surface area contributed by atoms with Crippen molar-refractivity contribution in [3.05, 3.63) is 52.4 Å². The van der Waals surface area contributed by atoms with Crippen molar-refractivity contribution in [3.63, 3.8) is 0 Å². The van der Waals surface area contributed by atoms with Crippen molar-refractivity contribution in [3.8, 4) is 0 Å². The Labute approximate surface area is 166 Å². The molecule has 0 bridgehead atoms. The van der Waals surface area contributed by atoms with Crippen LogP contribution in [0.2, 0.25) is 0 Å². The van der Waals surface area contributed by atoms with E-state index in [1.165, 1.54) is 11.1 Å². The molecular weight excluding hydrogens is 380 g/mol. The molecule has 1 fully saturated rings. The highest BCUT2D eigenvalue weighted by Gasteiger charge is 2.32. The predicted molar refractivity (Wildman–Crippen MR) is 102 cm³/mol. The van der Waals surface area contributed by atoms with Gasteiger partial charge in [0.15, 0.2) is 11.6 Å². The van der Waals surface area contributed by atoms with Crippen molar-refractivity contribution >= 4 is 17.2 Å². The van der Waals surface area contributed by atoms with Crippen LogP contribution in [0.3, 0.4) is 0 Å². The summed E-state index contributed by atoms with van der Waals surface area (Å²) >= 11 is 1.68. The van der Waals surface area contributed by atoms with Gasteiger partial charge >= 0.3 is 0 Å². The molecule has 1 unspecified atom stereocenters. The third-order valence-electron chi connectivity index (χ3n) is 4.82. The average Bonchev–Trinajstić information content (AvgIpc) is 3.49. The molecule has 4 heterocycles. The highest BCUT2D eigenvalue weighted by atomic mass is 32.1. The van der Waals surface area contributed by atoms with Crippen LogP contribution in [-0.2, 0) is 11.3 Å². The Kier molecular flexibility index (Phi) is 5.79. The molecule has 1 aliphatic heterocycles. The van der Waals surface area contributed by atoms with Gasteiger partial charge in [0.1, 0.15) is 6.04 Å². The minimum atomic E-state index is -0.0674. The molecule has 1 saturated heterocycles. The highest BCUT2D eigenvalue weighted by Crippen LogP contribution is 2.31. The maximum atomic E-state index is 12.5. The van der Waals surface area contributed by atoms with E-state index >= 15 is 0 Å². The first-order valence-electron chi connectivity index (χ1n) is 9.13. The SMILES string of the molecule is COCCn1nnnc1C(c1cccs1)N1CCN(C(=O)c2ccco2)CC1. The fraction of sp³-hybridized carbons (Fsp3) is 0.444. The van der Waals surface area contributed by atoms with Gasteiger partial charge in [0.2, 0.25) is 0 Å². The lowest BCUT2D eigenvalue weighted by atomic mass is 10.1. The normalized spacial score (nSPS) is 16.4. The molecule has 0 N–H and O–H groups in total. The number of rotatable bonds is 7. The lowest BCUT2D eigenvalue weighted by Crippen LogP contribution is -2.50. The molecule has 9 nitrogen and oxygen atoms in total. The molecule has 28 heavy (non-hydrogen) atoms. The van der Waals surface area contributed by atoms with Crippen LogP contribution in [0.4, 0.5) is 0 Å². The van der Waals surface area contributed by atoms with Crippen LogP contribution in [0, 0.1) is 0 Å². The molecule has 1 atom stereocenters. The second kappa shape index (κ2) is 8.63. The van der Waals surface area contributed by atoms with Crippen LogP contribution in [-0.4, -0.2) is 75.8 Å². The number of methoxy groups -OCH3 is 1. The van der Waals surface area contributed by atoms with Crippen LogP contribution in [0.25, 0.3) is 0 Å². The van der Waals surface area contributed by atoms with Gasteiger partial charge in [-0.25, -0.2) is 4.68 Å². The minimum Gasteiger partial charge on any atom is -0.459 e. The Morgan fingerprint density at radius 2 is 2.14 bits per heavy atom. The Bertz CT molecular complexity index is 871. The highest BCUT2D eigenvalue weighted by molar-refractivity contribution is 7.10. The Morgan fingerprint density at radius 3 is 2.82 bits per heavy atom. The summed E-state index contributed by atoms with van der Waals surface area (Å²) in [6.45, 7) is 3.85. The van der Waals surface area contributed by atoms with Crippen LogP contribution in [0.15, 0.2) is 40.3 Å². The zero-order valence-electron chi connectivity index (χ0n) is 15.6. The van der Waals surface area contributed by atoms with E-state index in [-0.39, 0.29) is 11.9 Å². The number of aromatic nitrogens is 4. The van der Waals surface area contributed by atoms with Crippen molar-refractivity contribution in [2.75, 3.05) is 39.9 Å². The molecule has 4 rings (SSSR count). The number of tetrazole rings is 1. The molecule has 0 radical (unpaired) electrons. The maximum absolute atomic E-state index is 12.5. The molecule has 1 amide bonds. The zero-order chi connectivity index (χ0) is 19.3. The summed E-state index contributed by atoms with van der Waals surface area (Å²) in [4.78, 5) is 17.9. The molecule has 0 aliphatic carbocycles. The van der Waals surface area contributed by atoms with Crippen molar-refractivity contribution in [2.24, 2.45) is 0 Å². The number of hydrogen-bond donors (Lipinski definition) is 0. The number of hydrogen-bond acceptors (Lipinski definition) is 8. The van der Waals surface area contributed by atoms with E-state index in [0.717, 1.165) is 18.9 Å². The van der Waals surface area contributed by atoms with Gasteiger partial charge in [0.05, 0.1) is 19.4 Å². The van der Waals surface area contributed by atoms with E-state index in [0.29, 0.717) is 32.0 Å². The number of ether oxygens (including phenoxy) is 1. The van der Waals surface area contributed by atoms with E-state index in [1.807, 2.05) is 11.0 Å². The quantitative estimate of drug-likeness (QED) is 0.592. The van der Waals surface area contributed by atoms with Crippen LogP contribution in [0.1, 0.15) is 27.3 Å². The van der Waals surface area contributed by atoms with E-state index in [2.05, 4.69) is 31.9 Å². The minimum absolute atomic E-state index is 0.0484. The number of piperazine rings is 1. The van der Waals surface area contributed by atoms with E-state index in [1.54, 1.807) is 35.3 Å². The smallest absolute Gasteiger partial charge is 0.289 e. The predicted octanol–water partition coefficient (Wildman–Crippen LogP) is 1.52. The second-order valence-electron chi connectivity index (χ2n) is 6.48. The number of carbonyl (C=O) groups excluding carboxylic acids is 1. The lowest BCUT2D eigenvalue weighted by molar-refractivity contribution is 0.0560. The van der Waals surface area contributed by atoms with Crippen molar-refractivity contribution in [1.82, 2.24) is 30.0 Å². The van der Waals surface area contributed by atoms with E-state index in [4.69, 9.17) is 9.15 Å². The number of thiophene rings is 1. The van der Waals surface area contributed by atoms with E-state index < -0.39 is 0 Å². The maximum Gasteiger partial charge on any atom is 0.289 e. The summed E-state index contributed by atoms with van der Waals surface area (Å²) in [6, 6.07) is 7.52. The summed E-state index contributed by atoms with van der Waals surface area (Å²) in [7, 11) is 1.66. The number of amides is 1. The molecule has 3 aromatic rings. The van der Waals surface area contributed by atoms with Gasteiger partial charge in [-0.05, 0) is 34.0 Å². The number of nitrogens with zero attached hydrogens (tertiary/aromatic N) is 6. The van der Waals surface area contributed by atoms with Gasteiger partial charge in [0.25, 0.3) is 5.91 Å². The molecule has 3 aromatic heterocycles. The van der Waals surface area contributed by atoms with Crippen LogP contribution >= 0.6 is 11.3 Å². The Morgan fingerprint density at radius 1 is 1.29 bits per heavy atom. The summed E-state index contributed by atoms with van der Waals surface area (Å²) in [6.07, 6.45) is 1.52. The second-order valence-corrected chi connectivity index (χ2v) is 7.46. The third kappa shape index (κ3) is 3.84. The van der Waals surface area contributed by atoms with Crippen LogP contribution < -0.4 is 0 Å². The van der Waals surface area contributed by atoms with Crippen LogP contribution in [0.5, 0.6) is 0 Å². The molecule has 148 valence electrons. The number of furan rings is 1. The third-order valence-corrected chi connectivity index (χ3v) is 5.75. The molecule has 0 spiro atoms. The Balaban J connectivity index is 1.51. The largest absolute Gasteiger partial charge is 0.459 e. The van der Waals surface area contributed by atoms with Gasteiger partial charge in [-0.3, -0.25) is 9.69 Å². The monoisotopic (exact) mass is 402 g/mol. The Hall–Kier alpha value is -2.56. The fourth-order valence-corrected chi connectivity index (χ4v) is 4.26. The van der Waals surface area contributed by atoms with Crippen molar-refractivity contribution in [1.29, 1.82) is 0 Å². The van der Waals surface area contributed by atoms with Crippen molar-refractivity contribution < 1.29 is 13.9 Å². The van der Waals surface area contributed by atoms with Gasteiger partial charge in [-0.2, -0.15) is 0 Å². The topological polar surface area (TPSA) is 89.5 Å². The molecule has 0 saturated carbocycles.